The van der Waals surface area contributed by atoms with E-state index in [0.29, 0.717) is 0 Å². The van der Waals surface area contributed by atoms with Crippen molar-refractivity contribution in [2.24, 2.45) is 0 Å². The number of rotatable bonds is 1. The van der Waals surface area contributed by atoms with Crippen LogP contribution >= 0.6 is 0 Å². The van der Waals surface area contributed by atoms with E-state index in [-0.39, 0.29) is 5.78 Å². The second-order valence-corrected chi connectivity index (χ2v) is 4.75. The van der Waals surface area contributed by atoms with Crippen LogP contribution in [0.4, 0.5) is 0 Å². The van der Waals surface area contributed by atoms with E-state index in [4.69, 9.17) is 0 Å². The predicted octanol–water partition coefficient (Wildman–Crippen LogP) is 4.50. The Labute approximate surface area is 106 Å². The van der Waals surface area contributed by atoms with E-state index in [1.165, 1.54) is 16.3 Å². The molecule has 0 aliphatic rings. The van der Waals surface area contributed by atoms with E-state index < -0.39 is 0 Å². The average Bonchev–Trinajstić information content (AvgIpc) is 2.37. The molecule has 0 bridgehead atoms. The van der Waals surface area contributed by atoms with Gasteiger partial charge in [-0.25, -0.2) is 0 Å². The van der Waals surface area contributed by atoms with Crippen molar-refractivity contribution in [2.75, 3.05) is 0 Å². The van der Waals surface area contributed by atoms with Gasteiger partial charge >= 0.3 is 0 Å². The maximum absolute atomic E-state index is 11.6. The molecule has 0 fully saturated rings. The molecular weight excluding hydrogens is 220 g/mol. The highest BCUT2D eigenvalue weighted by Crippen LogP contribution is 2.28. The summed E-state index contributed by atoms with van der Waals surface area (Å²) in [6.07, 6.45) is 0. The van der Waals surface area contributed by atoms with Crippen molar-refractivity contribution in [1.29, 1.82) is 0 Å². The standard InChI is InChI=1S/C17H14O/c1-11-6-8-15-13(10-11)7-9-17-14(12(2)18)4-3-5-16(15)17/h3-10H,1-2H3. The lowest BCUT2D eigenvalue weighted by Crippen LogP contribution is -1.93. The minimum absolute atomic E-state index is 0.118. The lowest BCUT2D eigenvalue weighted by atomic mass is 9.96. The Bertz CT molecular complexity index is 769. The first-order valence-corrected chi connectivity index (χ1v) is 6.10. The molecule has 1 nitrogen and oxygen atoms in total. The second-order valence-electron chi connectivity index (χ2n) is 4.75. The molecule has 3 aromatic carbocycles. The van der Waals surface area contributed by atoms with Gasteiger partial charge < -0.3 is 0 Å². The van der Waals surface area contributed by atoms with Crippen molar-refractivity contribution >= 4 is 27.3 Å². The van der Waals surface area contributed by atoms with E-state index in [1.54, 1.807) is 6.92 Å². The van der Waals surface area contributed by atoms with Gasteiger partial charge in [0.05, 0.1) is 0 Å². The van der Waals surface area contributed by atoms with Crippen LogP contribution in [0.25, 0.3) is 21.5 Å². The normalized spacial score (nSPS) is 11.0. The Hall–Kier alpha value is -2.15. The molecule has 3 rings (SSSR count). The second kappa shape index (κ2) is 3.95. The van der Waals surface area contributed by atoms with Gasteiger partial charge in [0.25, 0.3) is 0 Å². The largest absolute Gasteiger partial charge is 0.294 e. The van der Waals surface area contributed by atoms with Crippen LogP contribution in [0.5, 0.6) is 0 Å². The van der Waals surface area contributed by atoms with Crippen LogP contribution < -0.4 is 0 Å². The summed E-state index contributed by atoms with van der Waals surface area (Å²) >= 11 is 0. The molecule has 0 amide bonds. The van der Waals surface area contributed by atoms with E-state index in [0.717, 1.165) is 16.3 Å². The summed E-state index contributed by atoms with van der Waals surface area (Å²) < 4.78 is 0. The van der Waals surface area contributed by atoms with Crippen molar-refractivity contribution in [3.05, 3.63) is 59.7 Å². The first-order valence-electron chi connectivity index (χ1n) is 6.10. The Morgan fingerprint density at radius 3 is 2.44 bits per heavy atom. The van der Waals surface area contributed by atoms with Crippen LogP contribution in [-0.4, -0.2) is 5.78 Å². The molecule has 0 unspecified atom stereocenters. The van der Waals surface area contributed by atoms with Gasteiger partial charge in [-0.15, -0.1) is 0 Å². The molecule has 18 heavy (non-hydrogen) atoms. The zero-order chi connectivity index (χ0) is 12.7. The van der Waals surface area contributed by atoms with Gasteiger partial charge in [-0.2, -0.15) is 0 Å². The Morgan fingerprint density at radius 2 is 1.67 bits per heavy atom. The fourth-order valence-electron chi connectivity index (χ4n) is 2.53. The fraction of sp³-hybridized carbons (Fsp3) is 0.118. The number of fused-ring (bicyclic) bond motifs is 3. The number of Topliss-reactive ketones (excluding diaryl/α,β-unsaturated/α-hetero) is 1. The van der Waals surface area contributed by atoms with Gasteiger partial charge in [0.1, 0.15) is 0 Å². The number of ketones is 1. The third-order valence-corrected chi connectivity index (χ3v) is 3.41. The number of hydrogen-bond acceptors (Lipinski definition) is 1. The molecule has 0 N–H and O–H groups in total. The summed E-state index contributed by atoms with van der Waals surface area (Å²) in [5, 5.41) is 4.63. The molecule has 3 aromatic rings. The van der Waals surface area contributed by atoms with Gasteiger partial charge in [-0.3, -0.25) is 4.79 Å². The minimum atomic E-state index is 0.118. The Kier molecular flexibility index (Phi) is 2.41. The molecule has 0 radical (unpaired) electrons. The number of aryl methyl sites for hydroxylation is 1. The molecular formula is C17H14O. The Morgan fingerprint density at radius 1 is 0.889 bits per heavy atom. The molecule has 0 heterocycles. The SMILES string of the molecule is CC(=O)c1cccc2c1ccc1cc(C)ccc12. The summed E-state index contributed by atoms with van der Waals surface area (Å²) in [6, 6.07) is 16.5. The third-order valence-electron chi connectivity index (χ3n) is 3.41. The third kappa shape index (κ3) is 1.60. The van der Waals surface area contributed by atoms with Crippen LogP contribution in [0.3, 0.4) is 0 Å². The maximum Gasteiger partial charge on any atom is 0.160 e. The van der Waals surface area contributed by atoms with Gasteiger partial charge in [0, 0.05) is 5.56 Å². The van der Waals surface area contributed by atoms with Crippen LogP contribution in [-0.2, 0) is 0 Å². The minimum Gasteiger partial charge on any atom is -0.294 e. The number of hydrogen-bond donors (Lipinski definition) is 0. The molecule has 0 aromatic heterocycles. The highest BCUT2D eigenvalue weighted by atomic mass is 16.1. The monoisotopic (exact) mass is 234 g/mol. The van der Waals surface area contributed by atoms with Crippen molar-refractivity contribution in [2.45, 2.75) is 13.8 Å². The number of carbonyl (C=O) groups excluding carboxylic acids is 1. The summed E-state index contributed by atoms with van der Waals surface area (Å²) in [4.78, 5) is 11.6. The zero-order valence-corrected chi connectivity index (χ0v) is 10.5. The smallest absolute Gasteiger partial charge is 0.160 e. The van der Waals surface area contributed by atoms with E-state index in [1.807, 2.05) is 18.2 Å². The molecule has 0 aliphatic carbocycles. The van der Waals surface area contributed by atoms with Crippen LogP contribution in [0.15, 0.2) is 48.5 Å². The first kappa shape index (κ1) is 11.0. The highest BCUT2D eigenvalue weighted by molar-refractivity contribution is 6.15. The fourth-order valence-corrected chi connectivity index (χ4v) is 2.53. The van der Waals surface area contributed by atoms with Gasteiger partial charge in [-0.1, -0.05) is 54.1 Å². The summed E-state index contributed by atoms with van der Waals surface area (Å²) in [6.45, 7) is 3.71. The van der Waals surface area contributed by atoms with Crippen LogP contribution in [0, 0.1) is 6.92 Å². The van der Waals surface area contributed by atoms with E-state index >= 15 is 0 Å². The number of carbonyl (C=O) groups is 1. The van der Waals surface area contributed by atoms with Crippen molar-refractivity contribution < 1.29 is 4.79 Å². The highest BCUT2D eigenvalue weighted by Gasteiger charge is 2.07. The summed E-state index contributed by atoms with van der Waals surface area (Å²) in [7, 11) is 0. The van der Waals surface area contributed by atoms with Crippen molar-refractivity contribution in [1.82, 2.24) is 0 Å². The summed E-state index contributed by atoms with van der Waals surface area (Å²) in [5.74, 6) is 0.118. The number of benzene rings is 3. The van der Waals surface area contributed by atoms with Crippen molar-refractivity contribution in [3.63, 3.8) is 0 Å². The summed E-state index contributed by atoms with van der Waals surface area (Å²) in [5.41, 5.74) is 2.06. The molecule has 0 spiro atoms. The topological polar surface area (TPSA) is 17.1 Å². The predicted molar refractivity (Wildman–Crippen MR) is 76.2 cm³/mol. The lowest BCUT2D eigenvalue weighted by molar-refractivity contribution is 0.101. The Balaban J connectivity index is 2.49. The van der Waals surface area contributed by atoms with Gasteiger partial charge in [0.2, 0.25) is 0 Å². The average molecular weight is 234 g/mol. The van der Waals surface area contributed by atoms with E-state index in [9.17, 15) is 4.79 Å². The van der Waals surface area contributed by atoms with Crippen molar-refractivity contribution in [3.8, 4) is 0 Å². The lowest BCUT2D eigenvalue weighted by Gasteiger charge is -2.07. The first-order chi connectivity index (χ1) is 8.66. The van der Waals surface area contributed by atoms with Crippen LogP contribution in [0.1, 0.15) is 22.8 Å². The molecule has 1 heteroatoms. The van der Waals surface area contributed by atoms with Gasteiger partial charge in [-0.05, 0) is 35.4 Å². The van der Waals surface area contributed by atoms with Crippen LogP contribution in [0.2, 0.25) is 0 Å². The van der Waals surface area contributed by atoms with E-state index in [2.05, 4.69) is 37.3 Å². The quantitative estimate of drug-likeness (QED) is 0.447. The molecule has 0 aliphatic heterocycles. The zero-order valence-electron chi connectivity index (χ0n) is 10.5. The van der Waals surface area contributed by atoms with Gasteiger partial charge in [0.15, 0.2) is 5.78 Å². The molecule has 0 saturated heterocycles. The molecule has 0 saturated carbocycles. The molecule has 88 valence electrons. The maximum atomic E-state index is 11.6. The molecule has 0 atom stereocenters.